The minimum Gasteiger partial charge on any atom is -0.544 e. The first-order chi connectivity index (χ1) is 10.1. The maximum atomic E-state index is 13.4. The van der Waals surface area contributed by atoms with E-state index in [0.717, 1.165) is 0 Å². The van der Waals surface area contributed by atoms with E-state index in [2.05, 4.69) is 4.98 Å². The van der Waals surface area contributed by atoms with Gasteiger partial charge in [-0.25, -0.2) is 4.98 Å². The molecule has 0 bridgehead atoms. The third kappa shape index (κ3) is 2.61. The van der Waals surface area contributed by atoms with Crippen LogP contribution in [-0.4, -0.2) is 17.1 Å². The highest BCUT2D eigenvalue weighted by atomic mass is 32.1. The summed E-state index contributed by atoms with van der Waals surface area (Å²) < 4.78 is 64.1. The average Bonchev–Trinajstić information content (AvgIpc) is 2.83. The number of nitrogens with two attached hydrogens (primary N) is 1. The lowest BCUT2D eigenvalue weighted by Crippen LogP contribution is -2.36. The van der Waals surface area contributed by atoms with E-state index in [4.69, 9.17) is 5.73 Å². The molecule has 1 heterocycles. The van der Waals surface area contributed by atoms with Crippen LogP contribution in [0.2, 0.25) is 0 Å². The van der Waals surface area contributed by atoms with Crippen molar-refractivity contribution in [2.75, 3.05) is 5.73 Å². The highest BCUT2D eigenvalue weighted by Crippen LogP contribution is 2.47. The number of rotatable bonds is 3. The Kier molecular flexibility index (Phi) is 3.81. The van der Waals surface area contributed by atoms with E-state index in [-0.39, 0.29) is 27.6 Å². The van der Waals surface area contributed by atoms with Crippen LogP contribution in [0.25, 0.3) is 10.6 Å². The van der Waals surface area contributed by atoms with Crippen LogP contribution in [0.3, 0.4) is 0 Å². The number of anilines is 1. The van der Waals surface area contributed by atoms with Crippen molar-refractivity contribution in [1.82, 2.24) is 4.98 Å². The standard InChI is InChI=1S/C12H7F5N2O2S/c13-11(14,12(15,16)17)8-7(10(20)21)22-9(19-8)5-3-1-2-4-6(5)18/h1-4H,18H2,(H,20,21)/p-1. The van der Waals surface area contributed by atoms with E-state index in [1.807, 2.05) is 0 Å². The minimum absolute atomic E-state index is 0.0548. The number of carboxylic acids is 1. The SMILES string of the molecule is Nc1ccccc1-c1nc(C(F)(F)C(F)(F)F)c(C(=O)[O-])s1. The van der Waals surface area contributed by atoms with Crippen LogP contribution in [-0.2, 0) is 5.92 Å². The van der Waals surface area contributed by atoms with E-state index in [9.17, 15) is 31.9 Å². The van der Waals surface area contributed by atoms with Crippen LogP contribution in [0.15, 0.2) is 24.3 Å². The lowest BCUT2D eigenvalue weighted by atomic mass is 10.2. The number of aromatic carboxylic acids is 1. The lowest BCUT2D eigenvalue weighted by Gasteiger charge is -2.18. The van der Waals surface area contributed by atoms with Crippen molar-refractivity contribution in [3.8, 4) is 10.6 Å². The summed E-state index contributed by atoms with van der Waals surface area (Å²) in [4.78, 5) is 12.7. The van der Waals surface area contributed by atoms with Gasteiger partial charge in [-0.05, 0) is 12.1 Å². The summed E-state index contributed by atoms with van der Waals surface area (Å²) in [7, 11) is 0. The molecular formula is C12H6F5N2O2S-. The number of carbonyl (C=O) groups is 1. The quantitative estimate of drug-likeness (QED) is 0.689. The first-order valence-electron chi connectivity index (χ1n) is 5.57. The Bertz CT molecular complexity index is 727. The molecule has 0 aliphatic heterocycles. The zero-order valence-corrected chi connectivity index (χ0v) is 11.3. The summed E-state index contributed by atoms with van der Waals surface area (Å²) in [6.45, 7) is 0. The molecule has 118 valence electrons. The molecule has 1 aromatic heterocycles. The van der Waals surface area contributed by atoms with E-state index < -0.39 is 28.6 Å². The molecular weight excluding hydrogens is 331 g/mol. The molecule has 0 aliphatic rings. The van der Waals surface area contributed by atoms with E-state index in [1.54, 1.807) is 0 Å². The smallest absolute Gasteiger partial charge is 0.459 e. The molecule has 0 amide bonds. The van der Waals surface area contributed by atoms with Crippen molar-refractivity contribution < 1.29 is 31.9 Å². The third-order valence-corrected chi connectivity index (χ3v) is 3.73. The number of carbonyl (C=O) groups excluding carboxylic acids is 1. The first kappa shape index (κ1) is 16.1. The zero-order valence-electron chi connectivity index (χ0n) is 10.4. The van der Waals surface area contributed by atoms with Gasteiger partial charge in [0.15, 0.2) is 0 Å². The zero-order chi connectivity index (χ0) is 16.7. The van der Waals surface area contributed by atoms with Crippen LogP contribution in [0.5, 0.6) is 0 Å². The predicted molar refractivity (Wildman–Crippen MR) is 66.2 cm³/mol. The van der Waals surface area contributed by atoms with Gasteiger partial charge < -0.3 is 15.6 Å². The first-order valence-corrected chi connectivity index (χ1v) is 6.39. The normalized spacial score (nSPS) is 12.4. The van der Waals surface area contributed by atoms with Crippen molar-refractivity contribution in [3.05, 3.63) is 34.8 Å². The Hall–Kier alpha value is -2.23. The van der Waals surface area contributed by atoms with Crippen LogP contribution in [0, 0.1) is 0 Å². The molecule has 2 aromatic rings. The fourth-order valence-electron chi connectivity index (χ4n) is 1.61. The highest BCUT2D eigenvalue weighted by molar-refractivity contribution is 7.17. The van der Waals surface area contributed by atoms with Gasteiger partial charge in [0.2, 0.25) is 0 Å². The van der Waals surface area contributed by atoms with Crippen LogP contribution in [0.4, 0.5) is 27.6 Å². The molecule has 2 N–H and O–H groups in total. The number of para-hydroxylation sites is 1. The summed E-state index contributed by atoms with van der Waals surface area (Å²) in [6, 6.07) is 5.66. The van der Waals surface area contributed by atoms with Gasteiger partial charge in [0.05, 0.1) is 10.8 Å². The van der Waals surface area contributed by atoms with Crippen LogP contribution in [0.1, 0.15) is 15.4 Å². The minimum atomic E-state index is -5.98. The summed E-state index contributed by atoms with van der Waals surface area (Å²) in [6.07, 6.45) is -5.98. The van der Waals surface area contributed by atoms with Gasteiger partial charge in [0.25, 0.3) is 0 Å². The second-order valence-electron chi connectivity index (χ2n) is 4.14. The number of halogens is 5. The maximum absolute atomic E-state index is 13.4. The second kappa shape index (κ2) is 5.20. The number of aromatic nitrogens is 1. The second-order valence-corrected chi connectivity index (χ2v) is 5.14. The number of benzene rings is 1. The molecule has 0 saturated carbocycles. The van der Waals surface area contributed by atoms with Crippen molar-refractivity contribution in [2.24, 2.45) is 0 Å². The molecule has 0 radical (unpaired) electrons. The van der Waals surface area contributed by atoms with Crippen molar-refractivity contribution in [2.45, 2.75) is 12.1 Å². The van der Waals surface area contributed by atoms with E-state index in [1.165, 1.54) is 24.3 Å². The number of alkyl halides is 5. The molecule has 4 nitrogen and oxygen atoms in total. The van der Waals surface area contributed by atoms with Crippen molar-refractivity contribution >= 4 is 23.0 Å². The highest BCUT2D eigenvalue weighted by Gasteiger charge is 2.61. The van der Waals surface area contributed by atoms with Gasteiger partial charge in [-0.2, -0.15) is 22.0 Å². The summed E-state index contributed by atoms with van der Waals surface area (Å²) in [5, 5.41) is 10.5. The number of nitrogen functional groups attached to an aromatic ring is 1. The number of hydrogen-bond acceptors (Lipinski definition) is 5. The molecule has 1 aromatic carbocycles. The number of carboxylic acid groups (broad SMARTS) is 1. The molecule has 22 heavy (non-hydrogen) atoms. The molecule has 2 rings (SSSR count). The van der Waals surface area contributed by atoms with E-state index in [0.29, 0.717) is 0 Å². The van der Waals surface area contributed by atoms with Crippen molar-refractivity contribution in [1.29, 1.82) is 0 Å². The van der Waals surface area contributed by atoms with Gasteiger partial charge in [-0.3, -0.25) is 0 Å². The van der Waals surface area contributed by atoms with Gasteiger partial charge in [0, 0.05) is 11.3 Å². The summed E-state index contributed by atoms with van der Waals surface area (Å²) in [5.74, 6) is -7.59. The predicted octanol–water partition coefficient (Wildman–Crippen LogP) is 2.41. The monoisotopic (exact) mass is 337 g/mol. The molecule has 0 aliphatic carbocycles. The molecule has 10 heteroatoms. The van der Waals surface area contributed by atoms with Gasteiger partial charge >= 0.3 is 12.1 Å². The van der Waals surface area contributed by atoms with Crippen LogP contribution < -0.4 is 10.8 Å². The molecule has 0 saturated heterocycles. The van der Waals surface area contributed by atoms with Gasteiger partial charge in [-0.15, -0.1) is 11.3 Å². The number of thiazole rings is 1. The Balaban J connectivity index is 2.67. The van der Waals surface area contributed by atoms with Crippen LogP contribution >= 0.6 is 11.3 Å². The number of nitrogens with zero attached hydrogens (tertiary/aromatic N) is 1. The topological polar surface area (TPSA) is 79.0 Å². The van der Waals surface area contributed by atoms with Gasteiger partial charge in [0.1, 0.15) is 10.7 Å². The fourth-order valence-corrected chi connectivity index (χ4v) is 2.59. The molecule has 0 atom stereocenters. The van der Waals surface area contributed by atoms with Gasteiger partial charge in [-0.1, -0.05) is 12.1 Å². The van der Waals surface area contributed by atoms with Crippen molar-refractivity contribution in [3.63, 3.8) is 0 Å². The number of hydrogen-bond donors (Lipinski definition) is 1. The average molecular weight is 337 g/mol. The molecule has 0 fully saturated rings. The lowest BCUT2D eigenvalue weighted by molar-refractivity contribution is -0.291. The molecule has 0 unspecified atom stereocenters. The Morgan fingerprint density at radius 3 is 2.27 bits per heavy atom. The Morgan fingerprint density at radius 2 is 1.77 bits per heavy atom. The maximum Gasteiger partial charge on any atom is 0.459 e. The summed E-state index contributed by atoms with van der Waals surface area (Å²) >= 11 is 0.145. The summed E-state index contributed by atoms with van der Waals surface area (Å²) in [5.41, 5.74) is 3.79. The Morgan fingerprint density at radius 1 is 1.18 bits per heavy atom. The largest absolute Gasteiger partial charge is 0.544 e. The third-order valence-electron chi connectivity index (χ3n) is 2.66. The Labute approximate surface area is 124 Å². The van der Waals surface area contributed by atoms with E-state index >= 15 is 0 Å². The molecule has 0 spiro atoms. The fraction of sp³-hybridized carbons (Fsp3) is 0.167.